The number of hydrogen-bond donors (Lipinski definition) is 0. The molecule has 0 atom stereocenters. The fourth-order valence-corrected chi connectivity index (χ4v) is 9.89. The van der Waals surface area contributed by atoms with Gasteiger partial charge in [-0.15, -0.1) is 0 Å². The molecule has 0 saturated carbocycles. The Balaban J connectivity index is 1.41. The Kier molecular flexibility index (Phi) is 6.79. The minimum Gasteiger partial charge on any atom is -0.338 e. The maximum absolute atomic E-state index is 12.0. The zero-order valence-electron chi connectivity index (χ0n) is 31.3. The molecule has 0 amide bonds. The van der Waals surface area contributed by atoms with Crippen molar-refractivity contribution in [3.63, 3.8) is 0 Å². The normalized spacial score (nSPS) is 12.6. The minimum absolute atomic E-state index is 0.419. The van der Waals surface area contributed by atoms with E-state index in [1.54, 1.807) is 0 Å². The van der Waals surface area contributed by atoms with Crippen LogP contribution in [0, 0.1) is 22.7 Å². The predicted molar refractivity (Wildman–Crippen MR) is 236 cm³/mol. The third-order valence-corrected chi connectivity index (χ3v) is 12.2. The Labute approximate surface area is 333 Å². The van der Waals surface area contributed by atoms with Crippen molar-refractivity contribution in [1.29, 1.82) is 10.5 Å². The summed E-state index contributed by atoms with van der Waals surface area (Å²) in [5.74, 6) is 0. The zero-order valence-corrected chi connectivity index (χ0v) is 31.3. The lowest BCUT2D eigenvalue weighted by atomic mass is 9.98. The van der Waals surface area contributed by atoms with Crippen LogP contribution in [-0.4, -0.2) is 20.2 Å². The van der Waals surface area contributed by atoms with Gasteiger partial charge in [0.1, 0.15) is 23.3 Å². The molecular formula is C52H32N6. The number of para-hydroxylation sites is 7. The molecule has 6 heteroatoms. The van der Waals surface area contributed by atoms with Gasteiger partial charge in [-0.2, -0.15) is 10.5 Å². The monoisotopic (exact) mass is 740 g/mol. The van der Waals surface area contributed by atoms with Gasteiger partial charge in [0.2, 0.25) is 0 Å². The van der Waals surface area contributed by atoms with Gasteiger partial charge in [0.05, 0.1) is 55.8 Å². The van der Waals surface area contributed by atoms with Crippen LogP contribution in [0.2, 0.25) is 0 Å². The Morgan fingerprint density at radius 1 is 0.345 bits per heavy atom. The molecule has 12 rings (SSSR count). The Bertz CT molecular complexity index is 3460. The second-order valence-electron chi connectivity index (χ2n) is 15.0. The summed E-state index contributed by atoms with van der Waals surface area (Å²) in [6.45, 7) is 0.670. The largest absolute Gasteiger partial charge is 0.338 e. The lowest BCUT2D eigenvalue weighted by Gasteiger charge is -2.31. The molecule has 0 aliphatic carbocycles. The maximum atomic E-state index is 12.0. The highest BCUT2D eigenvalue weighted by Gasteiger charge is 2.36. The molecule has 58 heavy (non-hydrogen) atoms. The van der Waals surface area contributed by atoms with E-state index in [0.29, 0.717) is 23.4 Å². The van der Waals surface area contributed by atoms with E-state index < -0.39 is 0 Å². The van der Waals surface area contributed by atoms with Crippen LogP contribution >= 0.6 is 0 Å². The lowest BCUT2D eigenvalue weighted by Crippen LogP contribution is -2.22. The molecule has 6 nitrogen and oxygen atoms in total. The quantitative estimate of drug-likeness (QED) is 0.180. The van der Waals surface area contributed by atoms with Crippen LogP contribution in [0.15, 0.2) is 170 Å². The van der Waals surface area contributed by atoms with Crippen molar-refractivity contribution >= 4 is 76.8 Å². The van der Waals surface area contributed by atoms with Crippen molar-refractivity contribution in [3.05, 3.63) is 187 Å². The molecule has 270 valence electrons. The second kappa shape index (κ2) is 12.2. The van der Waals surface area contributed by atoms with Crippen LogP contribution < -0.4 is 4.90 Å². The molecule has 11 aromatic rings. The molecule has 0 fully saturated rings. The number of hydrogen-bond acceptors (Lipinski definition) is 3. The van der Waals surface area contributed by atoms with Gasteiger partial charge in [0, 0.05) is 44.5 Å². The molecule has 3 aromatic heterocycles. The summed E-state index contributed by atoms with van der Waals surface area (Å²) in [5.41, 5.74) is 11.8. The smallest absolute Gasteiger partial charge is 0.104 e. The van der Waals surface area contributed by atoms with Crippen LogP contribution in [0.3, 0.4) is 0 Å². The van der Waals surface area contributed by atoms with Crippen molar-refractivity contribution in [2.45, 2.75) is 6.42 Å². The van der Waals surface area contributed by atoms with Gasteiger partial charge in [-0.25, -0.2) is 0 Å². The Hall–Kier alpha value is -8.06. The SMILES string of the molecule is N#Cc1c(N2CCc3ccccc32)c(-n2c3ccccc3c3ccccc32)c(-n2c3ccccc3c3ccccc32)c(C#N)c1-n1c2ccccc2c2ccccc21. The topological polar surface area (TPSA) is 65.6 Å². The molecule has 0 unspecified atom stereocenters. The molecule has 0 N–H and O–H groups in total. The maximum Gasteiger partial charge on any atom is 0.104 e. The van der Waals surface area contributed by atoms with Gasteiger partial charge in [-0.3, -0.25) is 0 Å². The average Bonchev–Trinajstić information content (AvgIpc) is 4.04. The molecule has 0 spiro atoms. The molecule has 8 aromatic carbocycles. The van der Waals surface area contributed by atoms with Crippen molar-refractivity contribution in [3.8, 4) is 29.2 Å². The van der Waals surface area contributed by atoms with E-state index >= 15 is 0 Å². The number of benzene rings is 8. The summed E-state index contributed by atoms with van der Waals surface area (Å²) >= 11 is 0. The number of aromatic nitrogens is 3. The highest BCUT2D eigenvalue weighted by molar-refractivity contribution is 6.14. The van der Waals surface area contributed by atoms with Gasteiger partial charge in [0.25, 0.3) is 0 Å². The van der Waals surface area contributed by atoms with E-state index in [0.717, 1.165) is 94.6 Å². The third-order valence-electron chi connectivity index (χ3n) is 12.2. The summed E-state index contributed by atoms with van der Waals surface area (Å²) in [6.07, 6.45) is 0.823. The van der Waals surface area contributed by atoms with Gasteiger partial charge in [-0.1, -0.05) is 127 Å². The predicted octanol–water partition coefficient (Wildman–Crippen LogP) is 12.4. The average molecular weight is 741 g/mol. The number of rotatable bonds is 4. The van der Waals surface area contributed by atoms with Gasteiger partial charge >= 0.3 is 0 Å². The van der Waals surface area contributed by atoms with E-state index in [1.807, 2.05) is 12.1 Å². The van der Waals surface area contributed by atoms with E-state index in [1.165, 1.54) is 5.56 Å². The highest BCUT2D eigenvalue weighted by Crippen LogP contribution is 2.51. The summed E-state index contributed by atoms with van der Waals surface area (Å²) in [6, 6.07) is 64.6. The van der Waals surface area contributed by atoms with Crippen LogP contribution in [0.5, 0.6) is 0 Å². The van der Waals surface area contributed by atoms with E-state index in [2.05, 4.69) is 188 Å². The zero-order chi connectivity index (χ0) is 38.5. The van der Waals surface area contributed by atoms with Crippen LogP contribution in [0.4, 0.5) is 11.4 Å². The van der Waals surface area contributed by atoms with Crippen LogP contribution in [-0.2, 0) is 6.42 Å². The number of nitriles is 2. The number of fused-ring (bicyclic) bond motifs is 10. The molecule has 0 bridgehead atoms. The first-order valence-corrected chi connectivity index (χ1v) is 19.6. The molecule has 0 radical (unpaired) electrons. The van der Waals surface area contributed by atoms with Crippen LogP contribution in [0.1, 0.15) is 16.7 Å². The molecule has 1 aliphatic rings. The summed E-state index contributed by atoms with van der Waals surface area (Å²) in [7, 11) is 0. The van der Waals surface area contributed by atoms with Gasteiger partial charge in [0.15, 0.2) is 0 Å². The molecule has 1 aliphatic heterocycles. The molecule has 4 heterocycles. The van der Waals surface area contributed by atoms with Crippen LogP contribution in [0.25, 0.3) is 82.5 Å². The number of anilines is 2. The first kappa shape index (κ1) is 32.2. The van der Waals surface area contributed by atoms with Gasteiger partial charge < -0.3 is 18.6 Å². The summed E-state index contributed by atoms with van der Waals surface area (Å²) in [5, 5.41) is 30.3. The van der Waals surface area contributed by atoms with E-state index in [-0.39, 0.29) is 0 Å². The first-order chi connectivity index (χ1) is 28.8. The van der Waals surface area contributed by atoms with E-state index in [9.17, 15) is 10.5 Å². The standard InChI is InChI=1S/C52H32N6/c53-31-40-49(56-43-23-9-2-16-34(43)35-17-3-10-24-44(35)56)41(32-54)51(57-45-25-11-4-18-36(45)37-19-5-12-26-46(37)57)52(50(40)55-30-29-33-15-1-8-22-42(33)55)58-47-27-13-6-20-38(47)39-21-7-14-28-48(39)58/h1-28H,29-30H2. The third kappa shape index (κ3) is 4.23. The highest BCUT2D eigenvalue weighted by atomic mass is 15.2. The number of nitrogens with zero attached hydrogens (tertiary/aromatic N) is 6. The van der Waals surface area contributed by atoms with Crippen molar-refractivity contribution in [2.24, 2.45) is 0 Å². The summed E-state index contributed by atoms with van der Waals surface area (Å²) < 4.78 is 6.77. The van der Waals surface area contributed by atoms with Crippen molar-refractivity contribution in [1.82, 2.24) is 13.7 Å². The Morgan fingerprint density at radius 3 is 1.09 bits per heavy atom. The summed E-state index contributed by atoms with van der Waals surface area (Å²) in [4.78, 5) is 2.34. The van der Waals surface area contributed by atoms with E-state index in [4.69, 9.17) is 0 Å². The molecular weight excluding hydrogens is 709 g/mol. The molecule has 0 saturated heterocycles. The lowest BCUT2D eigenvalue weighted by molar-refractivity contribution is 0.971. The minimum atomic E-state index is 0.419. The van der Waals surface area contributed by atoms with Gasteiger partial charge in [-0.05, 0) is 54.4 Å². The fourth-order valence-electron chi connectivity index (χ4n) is 9.89. The Morgan fingerprint density at radius 2 is 0.672 bits per heavy atom. The van der Waals surface area contributed by atoms with Crippen molar-refractivity contribution in [2.75, 3.05) is 11.4 Å². The second-order valence-corrected chi connectivity index (χ2v) is 15.0. The first-order valence-electron chi connectivity index (χ1n) is 19.6. The van der Waals surface area contributed by atoms with Crippen molar-refractivity contribution < 1.29 is 0 Å². The fraction of sp³-hybridized carbons (Fsp3) is 0.0385.